The summed E-state index contributed by atoms with van der Waals surface area (Å²) in [4.78, 5) is 4.38. The van der Waals surface area contributed by atoms with Crippen molar-refractivity contribution in [3.05, 3.63) is 57.6 Å². The van der Waals surface area contributed by atoms with Gasteiger partial charge in [0.05, 0.1) is 17.4 Å². The highest BCUT2D eigenvalue weighted by Gasteiger charge is 2.23. The van der Waals surface area contributed by atoms with Gasteiger partial charge in [0.2, 0.25) is 0 Å². The van der Waals surface area contributed by atoms with Gasteiger partial charge in [-0.15, -0.1) is 0 Å². The molecule has 0 amide bonds. The van der Waals surface area contributed by atoms with Crippen molar-refractivity contribution < 1.29 is 4.39 Å². The highest BCUT2D eigenvalue weighted by atomic mass is 79.9. The SMILES string of the molecule is Cc1nc(Br)ccc1NC1CCc2cc(F)ccc21. The van der Waals surface area contributed by atoms with E-state index < -0.39 is 0 Å². The van der Waals surface area contributed by atoms with E-state index in [9.17, 15) is 4.39 Å². The number of anilines is 1. The number of fused-ring (bicyclic) bond motifs is 1. The zero-order valence-electron chi connectivity index (χ0n) is 10.6. The summed E-state index contributed by atoms with van der Waals surface area (Å²) in [7, 11) is 0. The largest absolute Gasteiger partial charge is 0.377 e. The summed E-state index contributed by atoms with van der Waals surface area (Å²) in [5, 5.41) is 3.51. The Morgan fingerprint density at radius 2 is 2.16 bits per heavy atom. The molecule has 1 unspecified atom stereocenters. The molecular formula is C15H14BrFN2. The zero-order chi connectivity index (χ0) is 13.4. The summed E-state index contributed by atoms with van der Waals surface area (Å²) in [6.45, 7) is 1.98. The molecule has 1 aromatic heterocycles. The molecule has 0 spiro atoms. The second-order valence-corrected chi connectivity index (χ2v) is 5.66. The zero-order valence-corrected chi connectivity index (χ0v) is 12.2. The number of aromatic nitrogens is 1. The van der Waals surface area contributed by atoms with Crippen molar-refractivity contribution >= 4 is 21.6 Å². The third-order valence-corrected chi connectivity index (χ3v) is 4.01. The Morgan fingerprint density at radius 1 is 1.32 bits per heavy atom. The molecule has 4 heteroatoms. The molecule has 0 fully saturated rings. The number of benzene rings is 1. The molecule has 0 radical (unpaired) electrons. The van der Waals surface area contributed by atoms with Crippen LogP contribution in [0.2, 0.25) is 0 Å². The monoisotopic (exact) mass is 320 g/mol. The van der Waals surface area contributed by atoms with Crippen LogP contribution >= 0.6 is 15.9 Å². The molecule has 19 heavy (non-hydrogen) atoms. The van der Waals surface area contributed by atoms with Crippen molar-refractivity contribution in [2.45, 2.75) is 25.8 Å². The van der Waals surface area contributed by atoms with Gasteiger partial charge in [-0.3, -0.25) is 0 Å². The summed E-state index contributed by atoms with van der Waals surface area (Å²) in [5.74, 6) is -0.152. The highest BCUT2D eigenvalue weighted by Crippen LogP contribution is 2.34. The van der Waals surface area contributed by atoms with Crippen molar-refractivity contribution in [2.75, 3.05) is 5.32 Å². The first-order valence-electron chi connectivity index (χ1n) is 6.31. The van der Waals surface area contributed by atoms with Crippen LogP contribution in [0.1, 0.15) is 29.3 Å². The van der Waals surface area contributed by atoms with Gasteiger partial charge in [-0.25, -0.2) is 9.37 Å². The van der Waals surface area contributed by atoms with E-state index in [4.69, 9.17) is 0 Å². The molecule has 0 saturated carbocycles. The lowest BCUT2D eigenvalue weighted by molar-refractivity contribution is 0.626. The Hall–Kier alpha value is -1.42. The molecule has 0 bridgehead atoms. The average molecular weight is 321 g/mol. The highest BCUT2D eigenvalue weighted by molar-refractivity contribution is 9.10. The Bertz CT molecular complexity index is 628. The van der Waals surface area contributed by atoms with Crippen molar-refractivity contribution in [1.82, 2.24) is 4.98 Å². The van der Waals surface area contributed by atoms with E-state index in [1.807, 2.05) is 25.1 Å². The molecule has 1 aliphatic carbocycles. The molecule has 1 aromatic carbocycles. The minimum absolute atomic E-state index is 0.152. The number of aryl methyl sites for hydroxylation is 2. The molecule has 98 valence electrons. The van der Waals surface area contributed by atoms with Crippen LogP contribution in [-0.2, 0) is 6.42 Å². The first-order chi connectivity index (χ1) is 9.13. The van der Waals surface area contributed by atoms with Crippen molar-refractivity contribution in [3.63, 3.8) is 0 Å². The fraction of sp³-hybridized carbons (Fsp3) is 0.267. The van der Waals surface area contributed by atoms with Crippen LogP contribution in [0.5, 0.6) is 0 Å². The fourth-order valence-corrected chi connectivity index (χ4v) is 3.00. The number of halogens is 2. The van der Waals surface area contributed by atoms with Gasteiger partial charge in [-0.1, -0.05) is 6.07 Å². The van der Waals surface area contributed by atoms with Crippen LogP contribution in [0.3, 0.4) is 0 Å². The summed E-state index contributed by atoms with van der Waals surface area (Å²) in [6.07, 6.45) is 1.92. The molecule has 0 saturated heterocycles. The van der Waals surface area contributed by atoms with Gasteiger partial charge in [-0.05, 0) is 71.1 Å². The summed E-state index contributed by atoms with van der Waals surface area (Å²) < 4.78 is 14.0. The lowest BCUT2D eigenvalue weighted by Crippen LogP contribution is -2.08. The summed E-state index contributed by atoms with van der Waals surface area (Å²) >= 11 is 3.36. The van der Waals surface area contributed by atoms with Gasteiger partial charge in [0.25, 0.3) is 0 Å². The van der Waals surface area contributed by atoms with Gasteiger partial charge in [0.1, 0.15) is 10.4 Å². The smallest absolute Gasteiger partial charge is 0.123 e. The number of nitrogens with one attached hydrogen (secondary N) is 1. The van der Waals surface area contributed by atoms with Gasteiger partial charge in [0, 0.05) is 0 Å². The van der Waals surface area contributed by atoms with Gasteiger partial charge < -0.3 is 5.32 Å². The predicted molar refractivity (Wildman–Crippen MR) is 77.8 cm³/mol. The quantitative estimate of drug-likeness (QED) is 0.830. The van der Waals surface area contributed by atoms with Crippen LogP contribution in [0.4, 0.5) is 10.1 Å². The van der Waals surface area contributed by atoms with Crippen molar-refractivity contribution in [2.24, 2.45) is 0 Å². The van der Waals surface area contributed by atoms with Gasteiger partial charge >= 0.3 is 0 Å². The maximum Gasteiger partial charge on any atom is 0.123 e. The number of rotatable bonds is 2. The maximum absolute atomic E-state index is 13.2. The fourth-order valence-electron chi connectivity index (χ4n) is 2.61. The van der Waals surface area contributed by atoms with E-state index in [2.05, 4.69) is 26.2 Å². The molecule has 1 heterocycles. The van der Waals surface area contributed by atoms with E-state index >= 15 is 0 Å². The topological polar surface area (TPSA) is 24.9 Å². The number of pyridine rings is 1. The van der Waals surface area contributed by atoms with Crippen LogP contribution in [0.25, 0.3) is 0 Å². The molecule has 2 aromatic rings. The van der Waals surface area contributed by atoms with Crippen molar-refractivity contribution in [1.29, 1.82) is 0 Å². The molecular weight excluding hydrogens is 307 g/mol. The molecule has 1 N–H and O–H groups in total. The molecule has 3 rings (SSSR count). The molecule has 1 atom stereocenters. The number of hydrogen-bond acceptors (Lipinski definition) is 2. The van der Waals surface area contributed by atoms with Crippen LogP contribution in [0.15, 0.2) is 34.9 Å². The lowest BCUT2D eigenvalue weighted by Gasteiger charge is -2.17. The van der Waals surface area contributed by atoms with E-state index in [1.54, 1.807) is 6.07 Å². The Balaban J connectivity index is 1.86. The normalized spacial score (nSPS) is 17.3. The van der Waals surface area contributed by atoms with E-state index in [-0.39, 0.29) is 11.9 Å². The van der Waals surface area contributed by atoms with Crippen LogP contribution in [0, 0.1) is 12.7 Å². The standard InChI is InChI=1S/C15H14BrFN2/c1-9-13(6-7-15(16)18-9)19-14-5-2-10-8-11(17)3-4-12(10)14/h3-4,6-8,14,19H,2,5H2,1H3. The van der Waals surface area contributed by atoms with Gasteiger partial charge in [0.15, 0.2) is 0 Å². The third kappa shape index (κ3) is 2.50. The second kappa shape index (κ2) is 4.93. The van der Waals surface area contributed by atoms with Crippen LogP contribution < -0.4 is 5.32 Å². The lowest BCUT2D eigenvalue weighted by atomic mass is 10.1. The Labute approximate surface area is 120 Å². The van der Waals surface area contributed by atoms with E-state index in [0.717, 1.165) is 34.4 Å². The second-order valence-electron chi connectivity index (χ2n) is 4.85. The van der Waals surface area contributed by atoms with E-state index in [0.29, 0.717) is 0 Å². The van der Waals surface area contributed by atoms with Crippen LogP contribution in [-0.4, -0.2) is 4.98 Å². The summed E-state index contributed by atoms with van der Waals surface area (Å²) in [6, 6.07) is 9.26. The van der Waals surface area contributed by atoms with E-state index in [1.165, 1.54) is 11.6 Å². The summed E-state index contributed by atoms with van der Waals surface area (Å²) in [5.41, 5.74) is 4.30. The number of hydrogen-bond donors (Lipinski definition) is 1. The Kier molecular flexibility index (Phi) is 3.27. The predicted octanol–water partition coefficient (Wildman–Crippen LogP) is 4.39. The average Bonchev–Trinajstić information content (AvgIpc) is 2.75. The Morgan fingerprint density at radius 3 is 2.95 bits per heavy atom. The molecule has 2 nitrogen and oxygen atoms in total. The minimum Gasteiger partial charge on any atom is -0.377 e. The third-order valence-electron chi connectivity index (χ3n) is 3.56. The minimum atomic E-state index is -0.152. The number of nitrogens with zero attached hydrogens (tertiary/aromatic N) is 1. The molecule has 1 aliphatic rings. The van der Waals surface area contributed by atoms with Gasteiger partial charge in [-0.2, -0.15) is 0 Å². The maximum atomic E-state index is 13.2. The first-order valence-corrected chi connectivity index (χ1v) is 7.11. The molecule has 0 aliphatic heterocycles. The first kappa shape index (κ1) is 12.6. The van der Waals surface area contributed by atoms with Crippen molar-refractivity contribution in [3.8, 4) is 0 Å².